The maximum Gasteiger partial charge on any atom is 0.106 e. The lowest BCUT2D eigenvalue weighted by molar-refractivity contribution is 0.991. The molecule has 0 bridgehead atoms. The van der Waals surface area contributed by atoms with Crippen molar-refractivity contribution in [1.29, 1.82) is 0 Å². The van der Waals surface area contributed by atoms with Gasteiger partial charge in [0, 0.05) is 10.9 Å². The summed E-state index contributed by atoms with van der Waals surface area (Å²) in [5.41, 5.74) is 4.68. The molecule has 100 valence electrons. The van der Waals surface area contributed by atoms with E-state index in [1.54, 1.807) is 0 Å². The molecule has 1 aromatic heterocycles. The minimum absolute atomic E-state index is 0.928. The van der Waals surface area contributed by atoms with Gasteiger partial charge in [-0.3, -0.25) is 0 Å². The summed E-state index contributed by atoms with van der Waals surface area (Å²) in [5.74, 6) is 1.02. The number of aryl methyl sites for hydroxylation is 1. The van der Waals surface area contributed by atoms with Gasteiger partial charge in [0.25, 0.3) is 0 Å². The lowest BCUT2D eigenvalue weighted by Gasteiger charge is -2.03. The van der Waals surface area contributed by atoms with E-state index in [1.807, 2.05) is 6.20 Å². The molecule has 2 aromatic carbocycles. The van der Waals surface area contributed by atoms with E-state index in [1.165, 1.54) is 11.1 Å². The Morgan fingerprint density at radius 3 is 2.00 bits per heavy atom. The number of aromatic nitrogens is 2. The highest BCUT2D eigenvalue weighted by Crippen LogP contribution is 2.25. The number of aromatic amines is 1. The molecule has 0 fully saturated rings. The summed E-state index contributed by atoms with van der Waals surface area (Å²) >= 11 is 3.46. The molecule has 0 unspecified atom stereocenters. The van der Waals surface area contributed by atoms with E-state index < -0.39 is 0 Å². The molecule has 0 saturated carbocycles. The summed E-state index contributed by atoms with van der Waals surface area (Å²) < 4.78 is 1.10. The van der Waals surface area contributed by atoms with Gasteiger partial charge in [0.15, 0.2) is 0 Å². The van der Waals surface area contributed by atoms with Crippen LogP contribution in [-0.2, 0) is 6.42 Å². The molecule has 0 atom stereocenters. The average Bonchev–Trinajstić information content (AvgIpc) is 2.97. The molecule has 20 heavy (non-hydrogen) atoms. The molecule has 0 aliphatic heterocycles. The number of benzene rings is 2. The Balaban J connectivity index is 1.89. The van der Waals surface area contributed by atoms with Crippen molar-refractivity contribution in [3.05, 3.63) is 65.0 Å². The Morgan fingerprint density at radius 2 is 1.45 bits per heavy atom. The van der Waals surface area contributed by atoms with Crippen LogP contribution >= 0.6 is 15.9 Å². The third kappa shape index (κ3) is 2.68. The third-order valence-electron chi connectivity index (χ3n) is 3.34. The normalized spacial score (nSPS) is 10.7. The molecule has 1 heterocycles. The summed E-state index contributed by atoms with van der Waals surface area (Å²) in [6.45, 7) is 2.10. The molecule has 0 aliphatic carbocycles. The summed E-state index contributed by atoms with van der Waals surface area (Å²) in [6.07, 6.45) is 2.82. The van der Waals surface area contributed by atoms with E-state index in [9.17, 15) is 0 Å². The van der Waals surface area contributed by atoms with Gasteiger partial charge in [-0.2, -0.15) is 0 Å². The SMILES string of the molecule is CCc1ncc(-c2ccc(-c3ccc(Br)cc3)cc2)[nH]1. The highest BCUT2D eigenvalue weighted by Gasteiger charge is 2.03. The predicted molar refractivity (Wildman–Crippen MR) is 86.5 cm³/mol. The fraction of sp³-hybridized carbons (Fsp3) is 0.118. The van der Waals surface area contributed by atoms with Crippen molar-refractivity contribution in [1.82, 2.24) is 9.97 Å². The topological polar surface area (TPSA) is 28.7 Å². The Labute approximate surface area is 127 Å². The number of halogens is 1. The molecule has 0 aliphatic rings. The standard InChI is InChI=1S/C17H15BrN2/c1-2-17-19-11-16(20-17)14-5-3-12(4-6-14)13-7-9-15(18)10-8-13/h3-11H,2H2,1H3,(H,19,20). The van der Waals surface area contributed by atoms with Crippen molar-refractivity contribution in [3.8, 4) is 22.4 Å². The quantitative estimate of drug-likeness (QED) is 0.715. The van der Waals surface area contributed by atoms with Gasteiger partial charge in [-0.25, -0.2) is 4.98 Å². The molecule has 0 radical (unpaired) electrons. The van der Waals surface area contributed by atoms with Crippen LogP contribution in [0.3, 0.4) is 0 Å². The van der Waals surface area contributed by atoms with Gasteiger partial charge in [-0.05, 0) is 28.8 Å². The van der Waals surface area contributed by atoms with E-state index >= 15 is 0 Å². The summed E-state index contributed by atoms with van der Waals surface area (Å²) in [7, 11) is 0. The first-order chi connectivity index (χ1) is 9.76. The van der Waals surface area contributed by atoms with Crippen molar-refractivity contribution in [3.63, 3.8) is 0 Å². The van der Waals surface area contributed by atoms with Crippen LogP contribution < -0.4 is 0 Å². The van der Waals surface area contributed by atoms with E-state index in [2.05, 4.69) is 81.4 Å². The molecule has 0 saturated heterocycles. The molecule has 0 spiro atoms. The molecule has 3 aromatic rings. The average molecular weight is 327 g/mol. The van der Waals surface area contributed by atoms with E-state index in [0.717, 1.165) is 28.0 Å². The summed E-state index contributed by atoms with van der Waals surface area (Å²) in [4.78, 5) is 7.67. The predicted octanol–water partition coefficient (Wildman–Crippen LogP) is 5.07. The fourth-order valence-electron chi connectivity index (χ4n) is 2.17. The molecule has 0 amide bonds. The molecule has 3 heteroatoms. The first kappa shape index (κ1) is 13.1. The second kappa shape index (κ2) is 5.63. The zero-order valence-electron chi connectivity index (χ0n) is 11.2. The molecular formula is C17H15BrN2. The zero-order valence-corrected chi connectivity index (χ0v) is 12.8. The van der Waals surface area contributed by atoms with Gasteiger partial charge in [0.2, 0.25) is 0 Å². The van der Waals surface area contributed by atoms with Crippen molar-refractivity contribution in [2.75, 3.05) is 0 Å². The number of imidazole rings is 1. The maximum atomic E-state index is 4.34. The first-order valence-corrected chi connectivity index (χ1v) is 7.46. The smallest absolute Gasteiger partial charge is 0.106 e. The van der Waals surface area contributed by atoms with Crippen LogP contribution in [0.15, 0.2) is 59.2 Å². The zero-order chi connectivity index (χ0) is 13.9. The van der Waals surface area contributed by atoms with Crippen LogP contribution in [0, 0.1) is 0 Å². The minimum Gasteiger partial charge on any atom is -0.342 e. The van der Waals surface area contributed by atoms with Gasteiger partial charge >= 0.3 is 0 Å². The molecule has 2 nitrogen and oxygen atoms in total. The van der Waals surface area contributed by atoms with Crippen molar-refractivity contribution in [2.45, 2.75) is 13.3 Å². The van der Waals surface area contributed by atoms with Gasteiger partial charge in [0.05, 0.1) is 11.9 Å². The van der Waals surface area contributed by atoms with Crippen LogP contribution in [0.4, 0.5) is 0 Å². The van der Waals surface area contributed by atoms with Gasteiger partial charge < -0.3 is 4.98 Å². The molecule has 3 rings (SSSR count). The number of rotatable bonds is 3. The van der Waals surface area contributed by atoms with Crippen molar-refractivity contribution < 1.29 is 0 Å². The van der Waals surface area contributed by atoms with Crippen LogP contribution in [0.5, 0.6) is 0 Å². The van der Waals surface area contributed by atoms with E-state index in [-0.39, 0.29) is 0 Å². The maximum absolute atomic E-state index is 4.34. The van der Waals surface area contributed by atoms with Crippen molar-refractivity contribution in [2.24, 2.45) is 0 Å². The lowest BCUT2D eigenvalue weighted by Crippen LogP contribution is -1.83. The van der Waals surface area contributed by atoms with E-state index in [4.69, 9.17) is 0 Å². The third-order valence-corrected chi connectivity index (χ3v) is 3.87. The van der Waals surface area contributed by atoms with E-state index in [0.29, 0.717) is 0 Å². The van der Waals surface area contributed by atoms with Crippen LogP contribution in [-0.4, -0.2) is 9.97 Å². The summed E-state index contributed by atoms with van der Waals surface area (Å²) in [6, 6.07) is 16.9. The highest BCUT2D eigenvalue weighted by atomic mass is 79.9. The Bertz CT molecular complexity index is 697. The molecular weight excluding hydrogens is 312 g/mol. The minimum atomic E-state index is 0.928. The van der Waals surface area contributed by atoms with Gasteiger partial charge in [0.1, 0.15) is 5.82 Å². The number of hydrogen-bond donors (Lipinski definition) is 1. The summed E-state index contributed by atoms with van der Waals surface area (Å²) in [5, 5.41) is 0. The largest absolute Gasteiger partial charge is 0.342 e. The fourth-order valence-corrected chi connectivity index (χ4v) is 2.44. The van der Waals surface area contributed by atoms with Crippen molar-refractivity contribution >= 4 is 15.9 Å². The van der Waals surface area contributed by atoms with Crippen LogP contribution in [0.25, 0.3) is 22.4 Å². The van der Waals surface area contributed by atoms with Crippen LogP contribution in [0.2, 0.25) is 0 Å². The first-order valence-electron chi connectivity index (χ1n) is 6.66. The molecule has 1 N–H and O–H groups in total. The Hall–Kier alpha value is -1.87. The Kier molecular flexibility index (Phi) is 3.70. The highest BCUT2D eigenvalue weighted by molar-refractivity contribution is 9.10. The van der Waals surface area contributed by atoms with Gasteiger partial charge in [-0.15, -0.1) is 0 Å². The second-order valence-corrected chi connectivity index (χ2v) is 5.60. The van der Waals surface area contributed by atoms with Gasteiger partial charge in [-0.1, -0.05) is 59.3 Å². The monoisotopic (exact) mass is 326 g/mol. The second-order valence-electron chi connectivity index (χ2n) is 4.68. The van der Waals surface area contributed by atoms with Crippen LogP contribution in [0.1, 0.15) is 12.7 Å². The Morgan fingerprint density at radius 1 is 0.900 bits per heavy atom. The number of nitrogens with one attached hydrogen (secondary N) is 1. The number of H-pyrrole nitrogens is 1. The number of hydrogen-bond acceptors (Lipinski definition) is 1. The number of nitrogens with zero attached hydrogens (tertiary/aromatic N) is 1. The lowest BCUT2D eigenvalue weighted by atomic mass is 10.0.